The van der Waals surface area contributed by atoms with Crippen molar-refractivity contribution < 1.29 is 23.0 Å². The van der Waals surface area contributed by atoms with Crippen molar-refractivity contribution in [3.8, 4) is 11.5 Å². The highest BCUT2D eigenvalue weighted by Crippen LogP contribution is 2.27. The third-order valence-electron chi connectivity index (χ3n) is 5.36. The lowest BCUT2D eigenvalue weighted by Crippen LogP contribution is -2.39. The summed E-state index contributed by atoms with van der Waals surface area (Å²) in [6.07, 6.45) is 0.0628. The predicted octanol–water partition coefficient (Wildman–Crippen LogP) is 4.21. The monoisotopic (exact) mass is 490 g/mol. The predicted molar refractivity (Wildman–Crippen MR) is 128 cm³/mol. The Labute approximate surface area is 199 Å². The average molecular weight is 491 g/mol. The van der Waals surface area contributed by atoms with Gasteiger partial charge in [0.05, 0.1) is 24.9 Å². The van der Waals surface area contributed by atoms with Gasteiger partial charge in [-0.2, -0.15) is 4.31 Å². The fraction of sp³-hybridized carbons (Fsp3) is 0.292. The van der Waals surface area contributed by atoms with Gasteiger partial charge in [0.1, 0.15) is 22.9 Å². The molecule has 0 radical (unpaired) electrons. The Hall–Kier alpha value is -2.65. The molecule has 0 unspecified atom stereocenters. The van der Waals surface area contributed by atoms with Crippen molar-refractivity contribution in [3.63, 3.8) is 0 Å². The van der Waals surface area contributed by atoms with Gasteiger partial charge in [-0.15, -0.1) is 0 Å². The Balaban J connectivity index is 1.91. The fourth-order valence-electron chi connectivity index (χ4n) is 3.31. The summed E-state index contributed by atoms with van der Waals surface area (Å²) in [5, 5.41) is 10.1. The Kier molecular flexibility index (Phi) is 8.31. The number of rotatable bonds is 10. The molecule has 7 nitrogen and oxygen atoms in total. The van der Waals surface area contributed by atoms with Crippen molar-refractivity contribution in [1.82, 2.24) is 9.29 Å². The summed E-state index contributed by atoms with van der Waals surface area (Å²) < 4.78 is 39.0. The second kappa shape index (κ2) is 11.0. The highest BCUT2D eigenvalue weighted by molar-refractivity contribution is 7.89. The SMILES string of the molecule is COc1ccc(CN(Cc2ccc(OC)cc2)S(=O)(=O)[C@H](C)[C@@H](O)c2ccc(Cl)cn2)cc1. The third-order valence-corrected chi connectivity index (χ3v) is 7.76. The highest BCUT2D eigenvalue weighted by atomic mass is 35.5. The van der Waals surface area contributed by atoms with Gasteiger partial charge in [-0.25, -0.2) is 8.42 Å². The van der Waals surface area contributed by atoms with E-state index in [2.05, 4.69) is 4.98 Å². The van der Waals surface area contributed by atoms with Crippen LogP contribution in [0.3, 0.4) is 0 Å². The molecule has 2 aromatic carbocycles. The molecule has 0 saturated carbocycles. The number of ether oxygens (including phenoxy) is 2. The number of pyridine rings is 1. The Bertz CT molecular complexity index is 1090. The lowest BCUT2D eigenvalue weighted by atomic mass is 10.2. The molecule has 3 aromatic rings. The molecule has 0 amide bonds. The summed E-state index contributed by atoms with van der Waals surface area (Å²) in [7, 11) is -0.793. The first kappa shape index (κ1) is 25.0. The number of hydrogen-bond acceptors (Lipinski definition) is 6. The topological polar surface area (TPSA) is 89.0 Å². The van der Waals surface area contributed by atoms with Crippen molar-refractivity contribution in [2.45, 2.75) is 31.4 Å². The number of sulfonamides is 1. The van der Waals surface area contributed by atoms with E-state index >= 15 is 0 Å². The third kappa shape index (κ3) is 6.23. The van der Waals surface area contributed by atoms with Gasteiger partial charge in [0, 0.05) is 19.3 Å². The minimum absolute atomic E-state index is 0.128. The van der Waals surface area contributed by atoms with Crippen LogP contribution in [-0.2, 0) is 23.1 Å². The zero-order valence-corrected chi connectivity index (χ0v) is 20.3. The van der Waals surface area contributed by atoms with Crippen LogP contribution < -0.4 is 9.47 Å². The molecule has 0 spiro atoms. The van der Waals surface area contributed by atoms with E-state index in [-0.39, 0.29) is 18.8 Å². The molecule has 0 bridgehead atoms. The van der Waals surface area contributed by atoms with E-state index in [1.807, 2.05) is 24.3 Å². The van der Waals surface area contributed by atoms with Gasteiger partial charge in [-0.1, -0.05) is 35.9 Å². The molecule has 1 N–H and O–H groups in total. The number of benzene rings is 2. The number of halogens is 1. The van der Waals surface area contributed by atoms with E-state index in [0.29, 0.717) is 16.5 Å². The van der Waals surface area contributed by atoms with Crippen LogP contribution in [0.25, 0.3) is 0 Å². The van der Waals surface area contributed by atoms with E-state index in [1.165, 1.54) is 23.5 Å². The average Bonchev–Trinajstić information content (AvgIpc) is 2.84. The van der Waals surface area contributed by atoms with Crippen molar-refractivity contribution in [3.05, 3.63) is 88.7 Å². The van der Waals surface area contributed by atoms with Gasteiger partial charge in [-0.3, -0.25) is 4.98 Å². The van der Waals surface area contributed by atoms with Gasteiger partial charge >= 0.3 is 0 Å². The smallest absolute Gasteiger partial charge is 0.220 e. The van der Waals surface area contributed by atoms with Crippen LogP contribution in [0.1, 0.15) is 29.8 Å². The van der Waals surface area contributed by atoms with Gasteiger partial charge in [0.25, 0.3) is 0 Å². The summed E-state index contributed by atoms with van der Waals surface area (Å²) in [5.74, 6) is 1.36. The van der Waals surface area contributed by atoms with E-state index in [9.17, 15) is 13.5 Å². The molecular formula is C24H27ClN2O5S. The van der Waals surface area contributed by atoms with Crippen LogP contribution in [0.2, 0.25) is 5.02 Å². The molecule has 33 heavy (non-hydrogen) atoms. The molecule has 0 saturated heterocycles. The molecule has 2 atom stereocenters. The molecular weight excluding hydrogens is 464 g/mol. The summed E-state index contributed by atoms with van der Waals surface area (Å²) in [4.78, 5) is 4.09. The maximum absolute atomic E-state index is 13.6. The van der Waals surface area contributed by atoms with Crippen LogP contribution in [-0.4, -0.2) is 42.3 Å². The quantitative estimate of drug-likeness (QED) is 0.458. The van der Waals surface area contributed by atoms with Crippen LogP contribution in [0, 0.1) is 0 Å². The molecule has 3 rings (SSSR count). The normalized spacial score (nSPS) is 13.5. The maximum atomic E-state index is 13.6. The number of nitrogens with zero attached hydrogens (tertiary/aromatic N) is 2. The highest BCUT2D eigenvalue weighted by Gasteiger charge is 2.35. The van der Waals surface area contributed by atoms with Gasteiger partial charge in [0.2, 0.25) is 10.0 Å². The first-order chi connectivity index (χ1) is 15.7. The number of aliphatic hydroxyl groups excluding tert-OH is 1. The number of methoxy groups -OCH3 is 2. The Morgan fingerprint density at radius 1 is 0.909 bits per heavy atom. The van der Waals surface area contributed by atoms with Crippen molar-refractivity contribution in [2.75, 3.05) is 14.2 Å². The standard InChI is InChI=1S/C24H27ClN2O5S/c1-17(24(28)23-13-8-20(25)14-26-23)33(29,30)27(15-18-4-9-21(31-2)10-5-18)16-19-6-11-22(32-3)12-7-19/h4-14,17,24,28H,15-16H2,1-3H3/t17-,24-/m1/s1. The van der Waals surface area contributed by atoms with E-state index < -0.39 is 21.4 Å². The molecule has 1 heterocycles. The zero-order chi connectivity index (χ0) is 24.0. The van der Waals surface area contributed by atoms with Crippen LogP contribution >= 0.6 is 11.6 Å². The largest absolute Gasteiger partial charge is 0.497 e. The summed E-state index contributed by atoms with van der Waals surface area (Å²) in [6.45, 7) is 1.73. The first-order valence-electron chi connectivity index (χ1n) is 10.3. The Morgan fingerprint density at radius 2 is 1.39 bits per heavy atom. The molecule has 0 aliphatic heterocycles. The molecule has 9 heteroatoms. The van der Waals surface area contributed by atoms with E-state index in [0.717, 1.165) is 11.1 Å². The van der Waals surface area contributed by atoms with Crippen molar-refractivity contribution in [1.29, 1.82) is 0 Å². The second-order valence-corrected chi connectivity index (χ2v) is 10.3. The molecule has 1 aromatic heterocycles. The van der Waals surface area contributed by atoms with Crippen LogP contribution in [0.4, 0.5) is 0 Å². The van der Waals surface area contributed by atoms with Gasteiger partial charge in [0.15, 0.2) is 0 Å². The van der Waals surface area contributed by atoms with Gasteiger partial charge < -0.3 is 14.6 Å². The summed E-state index contributed by atoms with van der Waals surface area (Å²) in [6, 6.07) is 17.5. The zero-order valence-electron chi connectivity index (χ0n) is 18.7. The Morgan fingerprint density at radius 3 is 1.79 bits per heavy atom. The lowest BCUT2D eigenvalue weighted by molar-refractivity contribution is 0.167. The molecule has 0 aliphatic carbocycles. The van der Waals surface area contributed by atoms with Crippen LogP contribution in [0.15, 0.2) is 66.9 Å². The van der Waals surface area contributed by atoms with Crippen molar-refractivity contribution in [2.24, 2.45) is 0 Å². The molecule has 176 valence electrons. The minimum Gasteiger partial charge on any atom is -0.497 e. The number of aromatic nitrogens is 1. The fourth-order valence-corrected chi connectivity index (χ4v) is 5.01. The minimum atomic E-state index is -3.94. The first-order valence-corrected chi connectivity index (χ1v) is 12.2. The number of hydrogen-bond donors (Lipinski definition) is 1. The summed E-state index contributed by atoms with van der Waals surface area (Å²) >= 11 is 5.87. The van der Waals surface area contributed by atoms with E-state index in [4.69, 9.17) is 21.1 Å². The van der Waals surface area contributed by atoms with Gasteiger partial charge in [-0.05, 0) is 54.4 Å². The molecule has 0 fully saturated rings. The maximum Gasteiger partial charge on any atom is 0.220 e. The lowest BCUT2D eigenvalue weighted by Gasteiger charge is -2.28. The van der Waals surface area contributed by atoms with E-state index in [1.54, 1.807) is 44.6 Å². The van der Waals surface area contributed by atoms with Crippen molar-refractivity contribution >= 4 is 21.6 Å². The van der Waals surface area contributed by atoms with Crippen LogP contribution in [0.5, 0.6) is 11.5 Å². The molecule has 0 aliphatic rings. The summed E-state index contributed by atoms with van der Waals surface area (Å²) in [5.41, 5.74) is 1.82. The number of aliphatic hydroxyl groups is 1. The second-order valence-electron chi connectivity index (χ2n) is 7.56.